The summed E-state index contributed by atoms with van der Waals surface area (Å²) >= 11 is 3.37. The number of halogens is 1. The SMILES string of the molecule is Cc1cc(C(Cc2ccc(Br)cc2)C(=O)O)nc(C)n1. The van der Waals surface area contributed by atoms with Crippen LogP contribution >= 0.6 is 15.9 Å². The van der Waals surface area contributed by atoms with Crippen LogP contribution in [0.15, 0.2) is 34.8 Å². The maximum absolute atomic E-state index is 11.5. The molecule has 1 atom stereocenters. The van der Waals surface area contributed by atoms with Gasteiger partial charge in [-0.3, -0.25) is 4.79 Å². The van der Waals surface area contributed by atoms with Gasteiger partial charge < -0.3 is 5.11 Å². The number of nitrogens with zero attached hydrogens (tertiary/aromatic N) is 2. The number of rotatable bonds is 4. The van der Waals surface area contributed by atoms with Gasteiger partial charge in [0, 0.05) is 10.2 Å². The van der Waals surface area contributed by atoms with Crippen molar-refractivity contribution in [2.45, 2.75) is 26.2 Å². The predicted molar refractivity (Wildman–Crippen MR) is 79.7 cm³/mol. The molecule has 0 radical (unpaired) electrons. The highest BCUT2D eigenvalue weighted by atomic mass is 79.9. The molecule has 20 heavy (non-hydrogen) atoms. The first-order chi connectivity index (χ1) is 9.45. The highest BCUT2D eigenvalue weighted by Crippen LogP contribution is 2.21. The van der Waals surface area contributed by atoms with E-state index < -0.39 is 11.9 Å². The molecular formula is C15H15BrN2O2. The fourth-order valence-electron chi connectivity index (χ4n) is 2.10. The van der Waals surface area contributed by atoms with Gasteiger partial charge in [-0.05, 0) is 44.0 Å². The van der Waals surface area contributed by atoms with Crippen LogP contribution in [0.2, 0.25) is 0 Å². The van der Waals surface area contributed by atoms with E-state index >= 15 is 0 Å². The first-order valence-electron chi connectivity index (χ1n) is 6.25. The van der Waals surface area contributed by atoms with Gasteiger partial charge in [0.1, 0.15) is 11.7 Å². The second-order valence-electron chi connectivity index (χ2n) is 4.70. The van der Waals surface area contributed by atoms with Gasteiger partial charge in [-0.15, -0.1) is 0 Å². The van der Waals surface area contributed by atoms with Crippen LogP contribution in [0.4, 0.5) is 0 Å². The van der Waals surface area contributed by atoms with Crippen LogP contribution < -0.4 is 0 Å². The summed E-state index contributed by atoms with van der Waals surface area (Å²) in [6, 6.07) is 9.39. The van der Waals surface area contributed by atoms with Crippen molar-refractivity contribution < 1.29 is 9.90 Å². The lowest BCUT2D eigenvalue weighted by Crippen LogP contribution is -2.17. The highest BCUT2D eigenvalue weighted by Gasteiger charge is 2.22. The van der Waals surface area contributed by atoms with Crippen molar-refractivity contribution >= 4 is 21.9 Å². The fourth-order valence-corrected chi connectivity index (χ4v) is 2.36. The van der Waals surface area contributed by atoms with Gasteiger partial charge in [0.05, 0.1) is 5.69 Å². The van der Waals surface area contributed by atoms with Gasteiger partial charge in [0.15, 0.2) is 0 Å². The molecule has 104 valence electrons. The average Bonchev–Trinajstić information content (AvgIpc) is 2.36. The standard InChI is InChI=1S/C15H15BrN2O2/c1-9-7-14(18-10(2)17-9)13(15(19)20)8-11-3-5-12(16)6-4-11/h3-7,13H,8H2,1-2H3,(H,19,20). The van der Waals surface area contributed by atoms with Gasteiger partial charge in [-0.1, -0.05) is 28.1 Å². The third-order valence-electron chi connectivity index (χ3n) is 2.99. The lowest BCUT2D eigenvalue weighted by Gasteiger charge is -2.13. The largest absolute Gasteiger partial charge is 0.481 e. The maximum Gasteiger partial charge on any atom is 0.312 e. The number of aliphatic carboxylic acids is 1. The Bertz CT molecular complexity index is 606. The molecule has 0 aliphatic heterocycles. The van der Waals surface area contributed by atoms with Crippen LogP contribution in [0, 0.1) is 13.8 Å². The summed E-state index contributed by atoms with van der Waals surface area (Å²) in [5, 5.41) is 9.45. The number of benzene rings is 1. The summed E-state index contributed by atoms with van der Waals surface area (Å²) in [6.07, 6.45) is 0.415. The van der Waals surface area contributed by atoms with Crippen molar-refractivity contribution in [2.75, 3.05) is 0 Å². The number of aryl methyl sites for hydroxylation is 2. The minimum absolute atomic E-state index is 0.415. The zero-order valence-electron chi connectivity index (χ0n) is 11.3. The lowest BCUT2D eigenvalue weighted by atomic mass is 9.95. The minimum Gasteiger partial charge on any atom is -0.481 e. The van der Waals surface area contributed by atoms with Crippen molar-refractivity contribution in [3.05, 3.63) is 57.6 Å². The Balaban J connectivity index is 2.31. The Morgan fingerprint density at radius 3 is 2.45 bits per heavy atom. The quantitative estimate of drug-likeness (QED) is 0.931. The van der Waals surface area contributed by atoms with E-state index in [-0.39, 0.29) is 0 Å². The van der Waals surface area contributed by atoms with Gasteiger partial charge in [-0.25, -0.2) is 9.97 Å². The third-order valence-corrected chi connectivity index (χ3v) is 3.52. The second kappa shape index (κ2) is 6.13. The first kappa shape index (κ1) is 14.7. The van der Waals surface area contributed by atoms with Crippen molar-refractivity contribution in [3.63, 3.8) is 0 Å². The summed E-state index contributed by atoms with van der Waals surface area (Å²) in [5.74, 6) is -0.927. The van der Waals surface area contributed by atoms with Crippen molar-refractivity contribution in [2.24, 2.45) is 0 Å². The monoisotopic (exact) mass is 334 g/mol. The summed E-state index contributed by atoms with van der Waals surface area (Å²) in [5.41, 5.74) is 2.31. The van der Waals surface area contributed by atoms with E-state index in [9.17, 15) is 9.90 Å². The average molecular weight is 335 g/mol. The van der Waals surface area contributed by atoms with Gasteiger partial charge in [0.25, 0.3) is 0 Å². The molecule has 1 unspecified atom stereocenters. The van der Waals surface area contributed by atoms with Crippen molar-refractivity contribution in [1.82, 2.24) is 9.97 Å². The van der Waals surface area contributed by atoms with E-state index in [1.807, 2.05) is 31.2 Å². The van der Waals surface area contributed by atoms with E-state index in [1.54, 1.807) is 13.0 Å². The van der Waals surface area contributed by atoms with Crippen LogP contribution in [-0.4, -0.2) is 21.0 Å². The Labute approximate surface area is 126 Å². The Morgan fingerprint density at radius 2 is 1.90 bits per heavy atom. The molecule has 1 heterocycles. The molecule has 0 saturated heterocycles. The molecule has 0 aliphatic rings. The zero-order chi connectivity index (χ0) is 14.7. The summed E-state index contributed by atoms with van der Waals surface area (Å²) < 4.78 is 0.974. The third kappa shape index (κ3) is 3.63. The smallest absolute Gasteiger partial charge is 0.312 e. The number of carbonyl (C=O) groups is 1. The topological polar surface area (TPSA) is 63.1 Å². The first-order valence-corrected chi connectivity index (χ1v) is 7.04. The van der Waals surface area contributed by atoms with Crippen molar-refractivity contribution in [3.8, 4) is 0 Å². The molecule has 0 spiro atoms. The predicted octanol–water partition coefficient (Wildman–Crippen LogP) is 3.27. The minimum atomic E-state index is -0.870. The molecule has 1 N–H and O–H groups in total. The summed E-state index contributed by atoms with van der Waals surface area (Å²) in [7, 11) is 0. The Kier molecular flexibility index (Phi) is 4.49. The van der Waals surface area contributed by atoms with E-state index in [1.165, 1.54) is 0 Å². The molecule has 0 amide bonds. The fraction of sp³-hybridized carbons (Fsp3) is 0.267. The zero-order valence-corrected chi connectivity index (χ0v) is 12.9. The van der Waals surface area contributed by atoms with Gasteiger partial charge in [0.2, 0.25) is 0 Å². The molecule has 1 aromatic carbocycles. The molecule has 0 aliphatic carbocycles. The van der Waals surface area contributed by atoms with Gasteiger partial charge in [-0.2, -0.15) is 0 Å². The van der Waals surface area contributed by atoms with Gasteiger partial charge >= 0.3 is 5.97 Å². The van der Waals surface area contributed by atoms with Crippen LogP contribution in [0.1, 0.15) is 28.7 Å². The Morgan fingerprint density at radius 1 is 1.25 bits per heavy atom. The molecule has 2 aromatic rings. The molecule has 0 bridgehead atoms. The number of carboxylic acid groups (broad SMARTS) is 1. The summed E-state index contributed by atoms with van der Waals surface area (Å²) in [4.78, 5) is 20.0. The molecular weight excluding hydrogens is 320 g/mol. The molecule has 2 rings (SSSR count). The van der Waals surface area contributed by atoms with Crippen molar-refractivity contribution in [1.29, 1.82) is 0 Å². The number of hydrogen-bond donors (Lipinski definition) is 1. The van der Waals surface area contributed by atoms with E-state index in [2.05, 4.69) is 25.9 Å². The van der Waals surface area contributed by atoms with E-state index in [0.29, 0.717) is 17.9 Å². The van der Waals surface area contributed by atoms with Crippen LogP contribution in [0.25, 0.3) is 0 Å². The normalized spacial score (nSPS) is 12.2. The highest BCUT2D eigenvalue weighted by molar-refractivity contribution is 9.10. The number of hydrogen-bond acceptors (Lipinski definition) is 3. The second-order valence-corrected chi connectivity index (χ2v) is 5.62. The lowest BCUT2D eigenvalue weighted by molar-refractivity contribution is -0.138. The molecule has 0 saturated carbocycles. The number of carboxylic acids is 1. The molecule has 5 heteroatoms. The maximum atomic E-state index is 11.5. The van der Waals surface area contributed by atoms with E-state index in [0.717, 1.165) is 15.7 Å². The molecule has 1 aromatic heterocycles. The van der Waals surface area contributed by atoms with Crippen LogP contribution in [0.5, 0.6) is 0 Å². The molecule has 4 nitrogen and oxygen atoms in total. The Hall–Kier alpha value is -1.75. The molecule has 0 fully saturated rings. The van der Waals surface area contributed by atoms with Crippen LogP contribution in [-0.2, 0) is 11.2 Å². The summed E-state index contributed by atoms with van der Waals surface area (Å²) in [6.45, 7) is 3.62. The van der Waals surface area contributed by atoms with Crippen LogP contribution in [0.3, 0.4) is 0 Å². The van der Waals surface area contributed by atoms with E-state index in [4.69, 9.17) is 0 Å². The number of aromatic nitrogens is 2.